The molecule has 0 radical (unpaired) electrons. The molecule has 0 bridgehead atoms. The molecule has 4 N–H and O–H groups in total. The second-order valence-corrected chi connectivity index (χ2v) is 7.78. The Morgan fingerprint density at radius 2 is 1.96 bits per heavy atom. The fourth-order valence-electron chi connectivity index (χ4n) is 2.27. The van der Waals surface area contributed by atoms with E-state index in [1.54, 1.807) is 17.8 Å². The molecule has 1 heterocycles. The number of nitrogens with zero attached hydrogens (tertiary/aromatic N) is 2. The van der Waals surface area contributed by atoms with Crippen molar-refractivity contribution in [2.45, 2.75) is 17.6 Å². The molecule has 6 nitrogen and oxygen atoms in total. The van der Waals surface area contributed by atoms with E-state index in [2.05, 4.69) is 20.3 Å². The second kappa shape index (κ2) is 9.14. The highest BCUT2D eigenvalue weighted by Crippen LogP contribution is 2.23. The summed E-state index contributed by atoms with van der Waals surface area (Å²) < 4.78 is 0. The SMILES string of the molecule is Cc1ccc(NC(N)=Nc2nc(CSc3ccc(Cl)cc3)cc(=O)[nH]2)cc1Cl. The third-order valence-corrected chi connectivity index (χ3v) is 5.36. The predicted octanol–water partition coefficient (Wildman–Crippen LogP) is 4.74. The van der Waals surface area contributed by atoms with Crippen LogP contribution in [0.3, 0.4) is 0 Å². The quantitative estimate of drug-likeness (QED) is 0.306. The highest BCUT2D eigenvalue weighted by Gasteiger charge is 2.05. The first-order valence-electron chi connectivity index (χ1n) is 8.25. The highest BCUT2D eigenvalue weighted by atomic mass is 35.5. The molecule has 0 aliphatic carbocycles. The number of anilines is 1. The number of aromatic amines is 1. The van der Waals surface area contributed by atoms with E-state index in [1.165, 1.54) is 6.07 Å². The number of aryl methyl sites for hydroxylation is 1. The second-order valence-electron chi connectivity index (χ2n) is 5.89. The lowest BCUT2D eigenvalue weighted by molar-refractivity contribution is 1.04. The van der Waals surface area contributed by atoms with Gasteiger partial charge in [-0.05, 0) is 48.9 Å². The van der Waals surface area contributed by atoms with E-state index < -0.39 is 0 Å². The molecule has 0 spiro atoms. The van der Waals surface area contributed by atoms with Gasteiger partial charge in [0.2, 0.25) is 11.9 Å². The van der Waals surface area contributed by atoms with Gasteiger partial charge < -0.3 is 11.1 Å². The number of nitrogens with one attached hydrogen (secondary N) is 2. The lowest BCUT2D eigenvalue weighted by atomic mass is 10.2. The fraction of sp³-hybridized carbons (Fsp3) is 0.105. The summed E-state index contributed by atoms with van der Waals surface area (Å²) in [5, 5.41) is 4.21. The van der Waals surface area contributed by atoms with E-state index in [9.17, 15) is 4.79 Å². The van der Waals surface area contributed by atoms with Crippen molar-refractivity contribution in [3.05, 3.63) is 80.2 Å². The van der Waals surface area contributed by atoms with Gasteiger partial charge in [-0.15, -0.1) is 11.8 Å². The van der Waals surface area contributed by atoms with Crippen molar-refractivity contribution in [3.8, 4) is 0 Å². The van der Waals surface area contributed by atoms with Crippen LogP contribution in [-0.2, 0) is 5.75 Å². The first kappa shape index (κ1) is 20.3. The Kier molecular flexibility index (Phi) is 6.61. The summed E-state index contributed by atoms with van der Waals surface area (Å²) in [6, 6.07) is 14.3. The van der Waals surface area contributed by atoms with Crippen molar-refractivity contribution in [2.24, 2.45) is 10.7 Å². The van der Waals surface area contributed by atoms with E-state index in [0.29, 0.717) is 27.2 Å². The monoisotopic (exact) mass is 433 g/mol. The first-order valence-corrected chi connectivity index (χ1v) is 9.99. The molecule has 28 heavy (non-hydrogen) atoms. The number of rotatable bonds is 5. The zero-order valence-electron chi connectivity index (χ0n) is 14.9. The van der Waals surface area contributed by atoms with Crippen LogP contribution in [-0.4, -0.2) is 15.9 Å². The van der Waals surface area contributed by atoms with Crippen LogP contribution in [0.15, 0.2) is 63.2 Å². The smallest absolute Gasteiger partial charge is 0.252 e. The maximum atomic E-state index is 11.9. The Labute approximate surface area is 176 Å². The molecule has 0 amide bonds. The highest BCUT2D eigenvalue weighted by molar-refractivity contribution is 7.98. The van der Waals surface area contributed by atoms with E-state index in [4.69, 9.17) is 28.9 Å². The first-order chi connectivity index (χ1) is 13.4. The number of guanidine groups is 1. The molecule has 0 unspecified atom stereocenters. The van der Waals surface area contributed by atoms with Gasteiger partial charge in [0.15, 0.2) is 0 Å². The predicted molar refractivity (Wildman–Crippen MR) is 117 cm³/mol. The molecule has 0 atom stereocenters. The van der Waals surface area contributed by atoms with E-state index in [-0.39, 0.29) is 17.5 Å². The van der Waals surface area contributed by atoms with Gasteiger partial charge in [0, 0.05) is 32.4 Å². The van der Waals surface area contributed by atoms with Crippen molar-refractivity contribution >= 4 is 52.6 Å². The Morgan fingerprint density at radius 1 is 1.21 bits per heavy atom. The minimum absolute atomic E-state index is 0.0885. The van der Waals surface area contributed by atoms with Gasteiger partial charge in [0.25, 0.3) is 5.56 Å². The largest absolute Gasteiger partial charge is 0.369 e. The molecule has 144 valence electrons. The number of thioether (sulfide) groups is 1. The summed E-state index contributed by atoms with van der Waals surface area (Å²) in [4.78, 5) is 24.0. The lowest BCUT2D eigenvalue weighted by Crippen LogP contribution is -2.22. The van der Waals surface area contributed by atoms with Gasteiger partial charge in [0.1, 0.15) is 0 Å². The van der Waals surface area contributed by atoms with Crippen molar-refractivity contribution in [1.29, 1.82) is 0 Å². The van der Waals surface area contributed by atoms with E-state index in [0.717, 1.165) is 10.5 Å². The van der Waals surface area contributed by atoms with Crippen LogP contribution in [0.5, 0.6) is 0 Å². The molecular weight excluding hydrogens is 417 g/mol. The number of halogens is 2. The van der Waals surface area contributed by atoms with Crippen molar-refractivity contribution in [2.75, 3.05) is 5.32 Å². The van der Waals surface area contributed by atoms with Crippen molar-refractivity contribution < 1.29 is 0 Å². The van der Waals surface area contributed by atoms with Crippen molar-refractivity contribution in [1.82, 2.24) is 9.97 Å². The number of benzene rings is 2. The molecule has 0 aliphatic rings. The summed E-state index contributed by atoms with van der Waals surface area (Å²) in [5.74, 6) is 0.725. The average Bonchev–Trinajstić information content (AvgIpc) is 2.64. The summed E-state index contributed by atoms with van der Waals surface area (Å²) in [6.45, 7) is 1.91. The van der Waals surface area contributed by atoms with Gasteiger partial charge in [-0.1, -0.05) is 29.3 Å². The van der Waals surface area contributed by atoms with Crippen LogP contribution in [0.25, 0.3) is 0 Å². The van der Waals surface area contributed by atoms with Crippen LogP contribution in [0, 0.1) is 6.92 Å². The van der Waals surface area contributed by atoms with Gasteiger partial charge in [-0.3, -0.25) is 9.78 Å². The number of hydrogen-bond donors (Lipinski definition) is 3. The number of aromatic nitrogens is 2. The molecule has 3 aromatic rings. The third kappa shape index (κ3) is 5.76. The van der Waals surface area contributed by atoms with E-state index in [1.807, 2.05) is 43.3 Å². The van der Waals surface area contributed by atoms with Gasteiger partial charge in [-0.2, -0.15) is 4.99 Å². The maximum absolute atomic E-state index is 11.9. The molecule has 2 aromatic carbocycles. The van der Waals surface area contributed by atoms with Crippen LogP contribution in [0.1, 0.15) is 11.3 Å². The zero-order chi connectivity index (χ0) is 20.1. The molecular formula is C19H17Cl2N5OS. The minimum Gasteiger partial charge on any atom is -0.369 e. The van der Waals surface area contributed by atoms with Gasteiger partial charge >= 0.3 is 0 Å². The topological polar surface area (TPSA) is 96.2 Å². The van der Waals surface area contributed by atoms with Gasteiger partial charge in [0.05, 0.1) is 5.69 Å². The summed E-state index contributed by atoms with van der Waals surface area (Å²) in [6.07, 6.45) is 0. The zero-order valence-corrected chi connectivity index (χ0v) is 17.2. The van der Waals surface area contributed by atoms with E-state index >= 15 is 0 Å². The summed E-state index contributed by atoms with van der Waals surface area (Å²) in [7, 11) is 0. The molecule has 0 fully saturated rings. The maximum Gasteiger partial charge on any atom is 0.252 e. The lowest BCUT2D eigenvalue weighted by Gasteiger charge is -2.07. The van der Waals surface area contributed by atoms with Crippen LogP contribution in [0.4, 0.5) is 11.6 Å². The number of nitrogens with two attached hydrogens (primary N) is 1. The number of aliphatic imine (C=N–C) groups is 1. The third-order valence-electron chi connectivity index (χ3n) is 3.65. The average molecular weight is 434 g/mol. The Balaban J connectivity index is 1.72. The normalized spacial score (nSPS) is 11.5. The van der Waals surface area contributed by atoms with Crippen LogP contribution in [0.2, 0.25) is 10.0 Å². The Bertz CT molecular complexity index is 1070. The Hall–Kier alpha value is -2.48. The Morgan fingerprint density at radius 3 is 2.68 bits per heavy atom. The molecule has 1 aromatic heterocycles. The van der Waals surface area contributed by atoms with Gasteiger partial charge in [-0.25, -0.2) is 4.98 Å². The van der Waals surface area contributed by atoms with Crippen LogP contribution < -0.4 is 16.6 Å². The number of hydrogen-bond acceptors (Lipinski definition) is 4. The van der Waals surface area contributed by atoms with Crippen LogP contribution >= 0.6 is 35.0 Å². The molecule has 0 saturated heterocycles. The fourth-order valence-corrected chi connectivity index (χ4v) is 3.37. The summed E-state index contributed by atoms with van der Waals surface area (Å²) >= 11 is 13.5. The molecule has 0 aliphatic heterocycles. The summed E-state index contributed by atoms with van der Waals surface area (Å²) in [5.41, 5.74) is 7.86. The molecule has 9 heteroatoms. The molecule has 3 rings (SSSR count). The minimum atomic E-state index is -0.299. The molecule has 0 saturated carbocycles. The van der Waals surface area contributed by atoms with Crippen molar-refractivity contribution in [3.63, 3.8) is 0 Å². The standard InChI is InChI=1S/C19H17Cl2N5OS/c1-11-2-5-13(8-16(11)21)23-18(22)26-19-24-14(9-17(27)25-19)10-28-15-6-3-12(20)4-7-15/h2-9H,10H2,1H3,(H4,22,23,24,25,26,27). The number of H-pyrrole nitrogens is 1.